The fourth-order valence-electron chi connectivity index (χ4n) is 4.61. The molecule has 180 valence electrons. The molecule has 1 amide bonds. The molecule has 1 N–H and O–H groups in total. The van der Waals surface area contributed by atoms with E-state index in [-0.39, 0.29) is 11.7 Å². The first-order valence-electron chi connectivity index (χ1n) is 11.8. The molecular formula is C27H30Cl2FN3O. The third-order valence-electron chi connectivity index (χ3n) is 6.52. The molecular weight excluding hydrogens is 472 g/mol. The summed E-state index contributed by atoms with van der Waals surface area (Å²) in [6.07, 6.45) is 4.58. The van der Waals surface area contributed by atoms with E-state index >= 15 is 0 Å². The summed E-state index contributed by atoms with van der Waals surface area (Å²) in [4.78, 5) is 17.7. The number of hydrogen-bond acceptors (Lipinski definition) is 3. The molecule has 0 bridgehead atoms. The number of nitrogens with one attached hydrogen (secondary N) is 1. The summed E-state index contributed by atoms with van der Waals surface area (Å²) in [7, 11) is 0. The number of rotatable bonds is 6. The standard InChI is InChI=1S/C27H30Cl2FN3O/c1-3-12-32-16-23(26(24(29)17-32)31-25-15-21(28)7-4-18(25)2)27(34)33-13-10-20(11-14-33)19-5-8-22(30)9-6-19/h4-9,15-16,20,31H,3,10-14,17H2,1-2H3. The highest BCUT2D eigenvalue weighted by Gasteiger charge is 2.31. The number of halogens is 3. The maximum atomic E-state index is 13.7. The fourth-order valence-corrected chi connectivity index (χ4v) is 5.08. The van der Waals surface area contributed by atoms with E-state index in [1.807, 2.05) is 48.4 Å². The molecule has 2 aliphatic heterocycles. The molecule has 2 aromatic rings. The van der Waals surface area contributed by atoms with Gasteiger partial charge in [0.2, 0.25) is 0 Å². The second-order valence-corrected chi connectivity index (χ2v) is 9.89. The molecule has 1 saturated heterocycles. The monoisotopic (exact) mass is 501 g/mol. The Balaban J connectivity index is 1.54. The molecule has 4 nitrogen and oxygen atoms in total. The number of amides is 1. The van der Waals surface area contributed by atoms with Gasteiger partial charge in [0.15, 0.2) is 0 Å². The number of anilines is 1. The maximum Gasteiger partial charge on any atom is 0.257 e. The molecule has 0 spiro atoms. The van der Waals surface area contributed by atoms with E-state index in [2.05, 4.69) is 17.1 Å². The lowest BCUT2D eigenvalue weighted by Crippen LogP contribution is -2.41. The quantitative estimate of drug-likeness (QED) is 0.480. The van der Waals surface area contributed by atoms with E-state index in [0.717, 1.165) is 42.6 Å². The van der Waals surface area contributed by atoms with Crippen molar-refractivity contribution in [2.75, 3.05) is 31.5 Å². The van der Waals surface area contributed by atoms with Crippen molar-refractivity contribution < 1.29 is 9.18 Å². The van der Waals surface area contributed by atoms with Crippen molar-refractivity contribution in [3.05, 3.63) is 86.9 Å². The summed E-state index contributed by atoms with van der Waals surface area (Å²) < 4.78 is 13.3. The van der Waals surface area contributed by atoms with Crippen LogP contribution in [0.5, 0.6) is 0 Å². The van der Waals surface area contributed by atoms with Gasteiger partial charge in [0, 0.05) is 36.5 Å². The van der Waals surface area contributed by atoms with E-state index in [1.54, 1.807) is 0 Å². The van der Waals surface area contributed by atoms with Crippen molar-refractivity contribution in [3.8, 4) is 0 Å². The summed E-state index contributed by atoms with van der Waals surface area (Å²) in [5.74, 6) is 0.0713. The second-order valence-electron chi connectivity index (χ2n) is 9.00. The van der Waals surface area contributed by atoms with E-state index in [4.69, 9.17) is 23.2 Å². The van der Waals surface area contributed by atoms with Crippen molar-refractivity contribution in [2.24, 2.45) is 0 Å². The molecule has 4 rings (SSSR count). The molecule has 2 heterocycles. The van der Waals surface area contributed by atoms with E-state index in [9.17, 15) is 9.18 Å². The van der Waals surface area contributed by atoms with Gasteiger partial charge in [0.25, 0.3) is 5.91 Å². The molecule has 0 aliphatic carbocycles. The molecule has 34 heavy (non-hydrogen) atoms. The molecule has 0 saturated carbocycles. The van der Waals surface area contributed by atoms with Crippen LogP contribution in [-0.2, 0) is 4.79 Å². The van der Waals surface area contributed by atoms with Gasteiger partial charge in [-0.3, -0.25) is 4.79 Å². The van der Waals surface area contributed by atoms with Gasteiger partial charge in [-0.25, -0.2) is 4.39 Å². The van der Waals surface area contributed by atoms with Crippen LogP contribution in [0.3, 0.4) is 0 Å². The smallest absolute Gasteiger partial charge is 0.257 e. The van der Waals surface area contributed by atoms with Gasteiger partial charge in [-0.1, -0.05) is 48.3 Å². The minimum atomic E-state index is -0.226. The van der Waals surface area contributed by atoms with Crippen LogP contribution in [0.15, 0.2) is 65.0 Å². The molecule has 0 radical (unpaired) electrons. The van der Waals surface area contributed by atoms with E-state index in [0.29, 0.717) is 46.9 Å². The largest absolute Gasteiger partial charge is 0.371 e. The number of carbonyl (C=O) groups is 1. The van der Waals surface area contributed by atoms with Crippen LogP contribution in [0.25, 0.3) is 0 Å². The zero-order valence-electron chi connectivity index (χ0n) is 19.6. The van der Waals surface area contributed by atoms with Crippen molar-refractivity contribution in [1.29, 1.82) is 0 Å². The van der Waals surface area contributed by atoms with Crippen molar-refractivity contribution in [1.82, 2.24) is 9.80 Å². The summed E-state index contributed by atoms with van der Waals surface area (Å²) in [6, 6.07) is 12.3. The normalized spacial score (nSPS) is 17.1. The third-order valence-corrected chi connectivity index (χ3v) is 7.06. The van der Waals surface area contributed by atoms with Crippen LogP contribution >= 0.6 is 23.2 Å². The summed E-state index contributed by atoms with van der Waals surface area (Å²) >= 11 is 13.0. The summed E-state index contributed by atoms with van der Waals surface area (Å²) in [5.41, 5.74) is 4.19. The average molecular weight is 502 g/mol. The summed E-state index contributed by atoms with van der Waals surface area (Å²) in [6.45, 7) is 6.77. The molecule has 1 fully saturated rings. The van der Waals surface area contributed by atoms with Gasteiger partial charge in [-0.05, 0) is 67.5 Å². The predicted octanol–water partition coefficient (Wildman–Crippen LogP) is 6.67. The molecule has 0 unspecified atom stereocenters. The van der Waals surface area contributed by atoms with Gasteiger partial charge in [-0.2, -0.15) is 0 Å². The fraction of sp³-hybridized carbons (Fsp3) is 0.370. The average Bonchev–Trinajstić information content (AvgIpc) is 2.83. The van der Waals surface area contributed by atoms with Gasteiger partial charge in [0.05, 0.1) is 22.8 Å². The highest BCUT2D eigenvalue weighted by atomic mass is 35.5. The number of carbonyl (C=O) groups excluding carboxylic acids is 1. The van der Waals surface area contributed by atoms with Crippen LogP contribution in [0.4, 0.5) is 10.1 Å². The van der Waals surface area contributed by atoms with Gasteiger partial charge in [-0.15, -0.1) is 0 Å². The Morgan fingerprint density at radius 2 is 1.82 bits per heavy atom. The Labute approximate surface area is 211 Å². The van der Waals surface area contributed by atoms with E-state index < -0.39 is 0 Å². The molecule has 7 heteroatoms. The second kappa shape index (κ2) is 10.8. The van der Waals surface area contributed by atoms with Crippen LogP contribution < -0.4 is 5.32 Å². The number of nitrogens with zero attached hydrogens (tertiary/aromatic N) is 2. The van der Waals surface area contributed by atoms with E-state index in [1.165, 1.54) is 12.1 Å². The Morgan fingerprint density at radius 1 is 1.12 bits per heavy atom. The lowest BCUT2D eigenvalue weighted by Gasteiger charge is -2.35. The molecule has 0 aromatic heterocycles. The highest BCUT2D eigenvalue weighted by Crippen LogP contribution is 2.33. The lowest BCUT2D eigenvalue weighted by atomic mass is 9.89. The van der Waals surface area contributed by atoms with Crippen molar-refractivity contribution >= 4 is 34.8 Å². The molecule has 2 aromatic carbocycles. The van der Waals surface area contributed by atoms with Crippen molar-refractivity contribution in [3.63, 3.8) is 0 Å². The summed E-state index contributed by atoms with van der Waals surface area (Å²) in [5, 5.41) is 4.63. The predicted molar refractivity (Wildman–Crippen MR) is 138 cm³/mol. The topological polar surface area (TPSA) is 35.6 Å². The number of likely N-dealkylation sites (tertiary alicyclic amines) is 1. The Morgan fingerprint density at radius 3 is 2.50 bits per heavy atom. The Hall–Kier alpha value is -2.50. The number of benzene rings is 2. The first-order valence-corrected chi connectivity index (χ1v) is 12.5. The zero-order chi connectivity index (χ0) is 24.2. The molecule has 0 atom stereocenters. The first-order chi connectivity index (χ1) is 16.4. The van der Waals surface area contributed by atoms with Crippen LogP contribution in [0, 0.1) is 12.7 Å². The Bertz CT molecular complexity index is 1110. The van der Waals surface area contributed by atoms with Crippen LogP contribution in [-0.4, -0.2) is 41.9 Å². The highest BCUT2D eigenvalue weighted by molar-refractivity contribution is 6.31. The van der Waals surface area contributed by atoms with Crippen molar-refractivity contribution in [2.45, 2.75) is 39.0 Å². The minimum Gasteiger partial charge on any atom is -0.371 e. The van der Waals surface area contributed by atoms with Gasteiger partial charge in [0.1, 0.15) is 5.82 Å². The van der Waals surface area contributed by atoms with Crippen LogP contribution in [0.2, 0.25) is 5.02 Å². The number of hydrogen-bond donors (Lipinski definition) is 1. The maximum absolute atomic E-state index is 13.7. The van der Waals surface area contributed by atoms with Gasteiger partial charge < -0.3 is 15.1 Å². The number of piperidine rings is 1. The third kappa shape index (κ3) is 5.59. The first kappa shape index (κ1) is 24.6. The minimum absolute atomic E-state index is 0.0290. The zero-order valence-corrected chi connectivity index (χ0v) is 21.1. The SMILES string of the molecule is CCCN1C=C(C(=O)N2CCC(c3ccc(F)cc3)CC2)C(Nc2cc(Cl)ccc2C)=C(Cl)C1. The van der Waals surface area contributed by atoms with Gasteiger partial charge >= 0.3 is 0 Å². The Kier molecular flexibility index (Phi) is 7.84. The molecule has 2 aliphatic rings. The lowest BCUT2D eigenvalue weighted by molar-refractivity contribution is -0.128. The van der Waals surface area contributed by atoms with Crippen LogP contribution in [0.1, 0.15) is 43.2 Å². The number of aryl methyl sites for hydroxylation is 1.